The number of benzene rings is 18. The molecule has 2 aliphatic rings. The monoisotopic (exact) mass is 1350 g/mol. The van der Waals surface area contributed by atoms with E-state index in [4.69, 9.17) is 0 Å². The molecule has 0 saturated heterocycles. The van der Waals surface area contributed by atoms with Gasteiger partial charge in [-0.05, 0) is 232 Å². The summed E-state index contributed by atoms with van der Waals surface area (Å²) in [7, 11) is 0. The first-order chi connectivity index (χ1) is 52.0. The second-order valence-electron chi connectivity index (χ2n) is 29.7. The minimum absolute atomic E-state index is 0.424. The zero-order valence-electron chi connectivity index (χ0n) is 59.6. The molecule has 18 aromatic carbocycles. The Morgan fingerprint density at radius 2 is 0.462 bits per heavy atom. The molecular weight excluding hydrogens is 1280 g/mol. The van der Waals surface area contributed by atoms with Crippen molar-refractivity contribution in [2.75, 3.05) is 19.6 Å². The first-order valence-electron chi connectivity index (χ1n) is 36.9. The van der Waals surface area contributed by atoms with Gasteiger partial charge < -0.3 is 19.6 Å². The molecule has 0 bridgehead atoms. The van der Waals surface area contributed by atoms with Crippen LogP contribution in [0.15, 0.2) is 376 Å². The molecule has 20 rings (SSSR count). The highest BCUT2D eigenvalue weighted by Gasteiger charge is 2.46. The standard InChI is InChI=1S/C102H74N4/c1-101(2)91-63-79(70-38-49-82(50-39-70)103(85-55-44-67-20-5-8-26-76(67)60-85)95-35-17-29-73-23-11-14-32-88(73)95)47-58-98(91)106-99-59-48-80(71-40-51-83(52-41-71)104(86-56-45-68-21-6-9-27-77(68)61-86)96-36-18-30-74-24-12-15-33-89(74)96)64-92(99)102(3,4)94-66-81(65-93(101)100(94)106)72-42-53-84(54-43-72)105(87-57-46-69-22-7-10-28-78(69)62-87)97-37-19-31-75-25-13-16-34-90(75)97/h5-66H,1-4H3. The van der Waals surface area contributed by atoms with E-state index in [0.717, 1.165) is 62.3 Å². The molecule has 2 heterocycles. The quantitative estimate of drug-likeness (QED) is 0.121. The van der Waals surface area contributed by atoms with E-state index in [0.29, 0.717) is 0 Å². The first-order valence-corrected chi connectivity index (χ1v) is 36.9. The molecule has 4 heteroatoms. The third kappa shape index (κ3) is 10.3. The van der Waals surface area contributed by atoms with E-state index in [1.54, 1.807) is 0 Å². The highest BCUT2D eigenvalue weighted by atomic mass is 15.2. The van der Waals surface area contributed by atoms with Crippen LogP contribution in [0.25, 0.3) is 98.0 Å². The van der Waals surface area contributed by atoms with Crippen molar-refractivity contribution >= 4 is 133 Å². The first kappa shape index (κ1) is 62.5. The van der Waals surface area contributed by atoms with E-state index in [2.05, 4.69) is 423 Å². The maximum absolute atomic E-state index is 2.61. The van der Waals surface area contributed by atoms with Crippen molar-refractivity contribution in [1.82, 2.24) is 0 Å². The fraction of sp³-hybridized carbons (Fsp3) is 0.0588. The molecule has 0 atom stereocenters. The maximum atomic E-state index is 2.61. The zero-order valence-corrected chi connectivity index (χ0v) is 59.6. The number of hydrogen-bond donors (Lipinski definition) is 0. The lowest BCUT2D eigenvalue weighted by molar-refractivity contribution is 0.598. The van der Waals surface area contributed by atoms with Crippen molar-refractivity contribution in [3.8, 4) is 33.4 Å². The van der Waals surface area contributed by atoms with Gasteiger partial charge in [0.15, 0.2) is 0 Å². The largest absolute Gasteiger partial charge is 0.310 e. The second kappa shape index (κ2) is 24.7. The smallest absolute Gasteiger partial charge is 0.0544 e. The minimum atomic E-state index is -0.424. The Balaban J connectivity index is 0.720. The van der Waals surface area contributed by atoms with E-state index in [9.17, 15) is 0 Å². The number of rotatable bonds is 12. The van der Waals surface area contributed by atoms with E-state index >= 15 is 0 Å². The summed E-state index contributed by atoms with van der Waals surface area (Å²) in [6.07, 6.45) is 0. The molecular formula is C102H74N4. The lowest BCUT2D eigenvalue weighted by Gasteiger charge is -2.50. The van der Waals surface area contributed by atoms with Crippen LogP contribution in [-0.4, -0.2) is 0 Å². The molecule has 0 fully saturated rings. The van der Waals surface area contributed by atoms with E-state index < -0.39 is 10.8 Å². The Kier molecular flexibility index (Phi) is 14.6. The van der Waals surface area contributed by atoms with Crippen LogP contribution in [0.1, 0.15) is 49.9 Å². The highest BCUT2D eigenvalue weighted by Crippen LogP contribution is 2.62. The topological polar surface area (TPSA) is 13.0 Å². The van der Waals surface area contributed by atoms with Gasteiger partial charge in [-0.25, -0.2) is 0 Å². The number of nitrogens with zero attached hydrogens (tertiary/aromatic N) is 4. The molecule has 0 aliphatic carbocycles. The SMILES string of the molecule is CC1(C)c2cc(-c3ccc(N(c4ccc5ccccc5c4)c4cccc5ccccc45)cc3)ccc2N2c3ccc(-c4ccc(N(c5ccc6ccccc6c5)c5cccc6ccccc56)cc4)cc3C(C)(C)c3cc(-c4ccc(N(c5ccc6ccccc6c5)c5cccc6ccccc56)cc4)cc1c32. The summed E-state index contributed by atoms with van der Waals surface area (Å²) < 4.78 is 0. The van der Waals surface area contributed by atoms with Crippen LogP contribution in [-0.2, 0) is 10.8 Å². The summed E-state index contributed by atoms with van der Waals surface area (Å²) in [5, 5.41) is 14.5. The Morgan fingerprint density at radius 3 is 0.802 bits per heavy atom. The van der Waals surface area contributed by atoms with Crippen LogP contribution < -0.4 is 19.6 Å². The van der Waals surface area contributed by atoms with Crippen LogP contribution in [0, 0.1) is 0 Å². The molecule has 502 valence electrons. The van der Waals surface area contributed by atoms with E-state index in [-0.39, 0.29) is 0 Å². The van der Waals surface area contributed by atoms with Gasteiger partial charge in [-0.15, -0.1) is 0 Å². The molecule has 18 aromatic rings. The van der Waals surface area contributed by atoms with Crippen molar-refractivity contribution in [3.05, 3.63) is 398 Å². The third-order valence-electron chi connectivity index (χ3n) is 22.9. The van der Waals surface area contributed by atoms with Crippen molar-refractivity contribution in [2.45, 2.75) is 38.5 Å². The zero-order chi connectivity index (χ0) is 70.8. The average Bonchev–Trinajstić information content (AvgIpc) is 0.684. The van der Waals surface area contributed by atoms with Gasteiger partial charge in [-0.1, -0.05) is 276 Å². The van der Waals surface area contributed by atoms with Crippen LogP contribution in [0.2, 0.25) is 0 Å². The molecule has 0 N–H and O–H groups in total. The number of hydrogen-bond acceptors (Lipinski definition) is 4. The highest BCUT2D eigenvalue weighted by molar-refractivity contribution is 6.05. The summed E-state index contributed by atoms with van der Waals surface area (Å²) >= 11 is 0. The Bertz CT molecular complexity index is 6240. The molecule has 2 aliphatic heterocycles. The summed E-state index contributed by atoms with van der Waals surface area (Å²) in [4.78, 5) is 9.89. The molecule has 0 spiro atoms. The fourth-order valence-electron chi connectivity index (χ4n) is 17.3. The van der Waals surface area contributed by atoms with Gasteiger partial charge in [0.05, 0.1) is 34.1 Å². The van der Waals surface area contributed by atoms with Crippen molar-refractivity contribution in [1.29, 1.82) is 0 Å². The molecule has 0 amide bonds. The predicted octanol–water partition coefficient (Wildman–Crippen LogP) is 28.8. The lowest BCUT2D eigenvalue weighted by atomic mass is 9.65. The van der Waals surface area contributed by atoms with Gasteiger partial charge in [0.1, 0.15) is 0 Å². The molecule has 4 nitrogen and oxygen atoms in total. The Labute approximate surface area is 618 Å². The third-order valence-corrected chi connectivity index (χ3v) is 22.9. The summed E-state index contributed by atoms with van der Waals surface area (Å²) in [6.45, 7) is 9.80. The normalized spacial score (nSPS) is 13.2. The summed E-state index contributed by atoms with van der Waals surface area (Å²) in [5.74, 6) is 0. The Hall–Kier alpha value is -13.3. The molecule has 0 saturated carbocycles. The van der Waals surface area contributed by atoms with Crippen molar-refractivity contribution in [3.63, 3.8) is 0 Å². The van der Waals surface area contributed by atoms with Gasteiger partial charge in [0.2, 0.25) is 0 Å². The average molecular weight is 1360 g/mol. The van der Waals surface area contributed by atoms with Crippen LogP contribution in [0.5, 0.6) is 0 Å². The van der Waals surface area contributed by atoms with E-state index in [1.807, 2.05) is 0 Å². The number of fused-ring (bicyclic) bond motifs is 10. The molecule has 0 aromatic heterocycles. The lowest BCUT2D eigenvalue weighted by Crippen LogP contribution is -2.38. The molecule has 106 heavy (non-hydrogen) atoms. The predicted molar refractivity (Wildman–Crippen MR) is 451 cm³/mol. The van der Waals surface area contributed by atoms with Gasteiger partial charge in [-0.2, -0.15) is 0 Å². The second-order valence-corrected chi connectivity index (χ2v) is 29.7. The van der Waals surface area contributed by atoms with Crippen LogP contribution in [0.4, 0.5) is 68.2 Å². The van der Waals surface area contributed by atoms with Gasteiger partial charge in [0, 0.05) is 61.1 Å². The van der Waals surface area contributed by atoms with Crippen molar-refractivity contribution < 1.29 is 0 Å². The number of anilines is 12. The van der Waals surface area contributed by atoms with Crippen LogP contribution >= 0.6 is 0 Å². The van der Waals surface area contributed by atoms with Gasteiger partial charge in [0.25, 0.3) is 0 Å². The molecule has 0 unspecified atom stereocenters. The van der Waals surface area contributed by atoms with E-state index in [1.165, 1.54) is 126 Å². The Morgan fingerprint density at radius 1 is 0.198 bits per heavy atom. The summed E-state index contributed by atoms with van der Waals surface area (Å²) in [6, 6.07) is 140. The summed E-state index contributed by atoms with van der Waals surface area (Å²) in [5.41, 5.74) is 25.1. The maximum Gasteiger partial charge on any atom is 0.0544 e. The van der Waals surface area contributed by atoms with Crippen molar-refractivity contribution in [2.24, 2.45) is 0 Å². The fourth-order valence-corrected chi connectivity index (χ4v) is 17.3. The van der Waals surface area contributed by atoms with Gasteiger partial charge >= 0.3 is 0 Å². The molecule has 0 radical (unpaired) electrons. The van der Waals surface area contributed by atoms with Gasteiger partial charge in [-0.3, -0.25) is 0 Å². The van der Waals surface area contributed by atoms with Crippen LogP contribution in [0.3, 0.4) is 0 Å². The minimum Gasteiger partial charge on any atom is -0.310 e.